The summed E-state index contributed by atoms with van der Waals surface area (Å²) in [6.45, 7) is 0. The zero-order valence-electron chi connectivity index (χ0n) is 7.77. The Morgan fingerprint density at radius 2 is 2.21 bits per heavy atom. The highest BCUT2D eigenvalue weighted by Crippen LogP contribution is 2.09. The van der Waals surface area contributed by atoms with Gasteiger partial charge in [0.25, 0.3) is 0 Å². The van der Waals surface area contributed by atoms with E-state index in [1.54, 1.807) is 12.4 Å². The van der Waals surface area contributed by atoms with Gasteiger partial charge in [0.1, 0.15) is 0 Å². The van der Waals surface area contributed by atoms with E-state index in [4.69, 9.17) is 5.73 Å². The summed E-state index contributed by atoms with van der Waals surface area (Å²) >= 11 is 0. The van der Waals surface area contributed by atoms with Gasteiger partial charge >= 0.3 is 0 Å². The Morgan fingerprint density at radius 1 is 1.29 bits per heavy atom. The molecule has 0 amide bonds. The Bertz CT molecular complexity index is 394. The van der Waals surface area contributed by atoms with Crippen molar-refractivity contribution in [1.82, 2.24) is 15.2 Å². The number of rotatable bonds is 3. The van der Waals surface area contributed by atoms with Crippen LogP contribution in [0.4, 0.5) is 5.69 Å². The summed E-state index contributed by atoms with van der Waals surface area (Å²) in [4.78, 5) is 4.23. The van der Waals surface area contributed by atoms with E-state index in [0.29, 0.717) is 0 Å². The Kier molecular flexibility index (Phi) is 2.44. The lowest BCUT2D eigenvalue weighted by Crippen LogP contribution is -1.97. The third-order valence-electron chi connectivity index (χ3n) is 2.11. The first kappa shape index (κ1) is 8.74. The maximum Gasteiger partial charge on any atom is 0.0730 e. The predicted octanol–water partition coefficient (Wildman–Crippen LogP) is 1.17. The van der Waals surface area contributed by atoms with Crippen LogP contribution in [0, 0.1) is 0 Å². The SMILES string of the molecule is Nc1cn[nH]c1CCc1ccccn1. The van der Waals surface area contributed by atoms with Gasteiger partial charge in [0.2, 0.25) is 0 Å². The number of aryl methyl sites for hydroxylation is 2. The largest absolute Gasteiger partial charge is 0.396 e. The number of pyridine rings is 1. The molecule has 0 unspecified atom stereocenters. The van der Waals surface area contributed by atoms with Crippen LogP contribution < -0.4 is 5.73 Å². The summed E-state index contributed by atoms with van der Waals surface area (Å²) in [5.41, 5.74) is 8.47. The highest BCUT2D eigenvalue weighted by molar-refractivity contribution is 5.40. The van der Waals surface area contributed by atoms with Gasteiger partial charge in [-0.2, -0.15) is 5.10 Å². The Morgan fingerprint density at radius 3 is 2.86 bits per heavy atom. The van der Waals surface area contributed by atoms with Crippen LogP contribution in [0.2, 0.25) is 0 Å². The fraction of sp³-hybridized carbons (Fsp3) is 0.200. The molecule has 0 atom stereocenters. The first-order chi connectivity index (χ1) is 6.86. The van der Waals surface area contributed by atoms with Crippen LogP contribution in [0.25, 0.3) is 0 Å². The Labute approximate surface area is 82.2 Å². The average Bonchev–Trinajstić information content (AvgIpc) is 2.63. The van der Waals surface area contributed by atoms with Crippen LogP contribution in [0.1, 0.15) is 11.4 Å². The monoisotopic (exact) mass is 188 g/mol. The van der Waals surface area contributed by atoms with Gasteiger partial charge in [-0.3, -0.25) is 10.1 Å². The number of hydrogen-bond donors (Lipinski definition) is 2. The number of aromatic amines is 1. The number of nitrogens with zero attached hydrogens (tertiary/aromatic N) is 2. The molecule has 4 nitrogen and oxygen atoms in total. The second-order valence-electron chi connectivity index (χ2n) is 3.12. The lowest BCUT2D eigenvalue weighted by atomic mass is 10.1. The predicted molar refractivity (Wildman–Crippen MR) is 54.6 cm³/mol. The van der Waals surface area contributed by atoms with Crippen LogP contribution in [-0.4, -0.2) is 15.2 Å². The van der Waals surface area contributed by atoms with Crippen LogP contribution in [0.15, 0.2) is 30.6 Å². The van der Waals surface area contributed by atoms with Gasteiger partial charge in [-0.15, -0.1) is 0 Å². The van der Waals surface area contributed by atoms with E-state index in [9.17, 15) is 0 Å². The van der Waals surface area contributed by atoms with Crippen LogP contribution in [0.5, 0.6) is 0 Å². The molecule has 2 aromatic rings. The molecule has 0 fully saturated rings. The molecule has 0 radical (unpaired) electrons. The van der Waals surface area contributed by atoms with E-state index in [2.05, 4.69) is 15.2 Å². The molecular formula is C10H12N4. The van der Waals surface area contributed by atoms with Crippen molar-refractivity contribution >= 4 is 5.69 Å². The lowest BCUT2D eigenvalue weighted by molar-refractivity contribution is 0.868. The van der Waals surface area contributed by atoms with Gasteiger partial charge in [-0.25, -0.2) is 0 Å². The normalized spacial score (nSPS) is 10.3. The Hall–Kier alpha value is -1.84. The molecule has 3 N–H and O–H groups in total. The number of nitrogens with one attached hydrogen (secondary N) is 1. The quantitative estimate of drug-likeness (QED) is 0.759. The molecular weight excluding hydrogens is 176 g/mol. The van der Waals surface area contributed by atoms with Crippen molar-refractivity contribution in [1.29, 1.82) is 0 Å². The van der Waals surface area contributed by atoms with Crippen LogP contribution >= 0.6 is 0 Å². The van der Waals surface area contributed by atoms with Gasteiger partial charge in [0.05, 0.1) is 17.6 Å². The maximum absolute atomic E-state index is 5.69. The molecule has 14 heavy (non-hydrogen) atoms. The number of nitrogens with two attached hydrogens (primary N) is 1. The van der Waals surface area contributed by atoms with E-state index < -0.39 is 0 Å². The number of aromatic nitrogens is 3. The van der Waals surface area contributed by atoms with Gasteiger partial charge in [-0.05, 0) is 25.0 Å². The fourth-order valence-corrected chi connectivity index (χ4v) is 1.32. The van der Waals surface area contributed by atoms with E-state index in [1.165, 1.54) is 0 Å². The van der Waals surface area contributed by atoms with E-state index in [1.807, 2.05) is 18.2 Å². The molecule has 0 aliphatic heterocycles. The summed E-state index contributed by atoms with van der Waals surface area (Å²) in [7, 11) is 0. The van der Waals surface area contributed by atoms with E-state index >= 15 is 0 Å². The third kappa shape index (κ3) is 1.90. The molecule has 0 saturated carbocycles. The maximum atomic E-state index is 5.69. The van der Waals surface area contributed by atoms with Gasteiger partial charge < -0.3 is 5.73 Å². The number of nitrogen functional groups attached to an aromatic ring is 1. The van der Waals surface area contributed by atoms with Crippen molar-refractivity contribution in [3.63, 3.8) is 0 Å². The van der Waals surface area contributed by atoms with Crippen molar-refractivity contribution in [3.8, 4) is 0 Å². The summed E-state index contributed by atoms with van der Waals surface area (Å²) in [5.74, 6) is 0. The fourth-order valence-electron chi connectivity index (χ4n) is 1.32. The van der Waals surface area contributed by atoms with Gasteiger partial charge in [-0.1, -0.05) is 6.07 Å². The molecule has 0 aliphatic carbocycles. The molecule has 0 bridgehead atoms. The lowest BCUT2D eigenvalue weighted by Gasteiger charge is -1.99. The molecule has 0 saturated heterocycles. The van der Waals surface area contributed by atoms with Crippen molar-refractivity contribution in [2.45, 2.75) is 12.8 Å². The van der Waals surface area contributed by atoms with Gasteiger partial charge in [0, 0.05) is 11.9 Å². The molecule has 4 heteroatoms. The zero-order chi connectivity index (χ0) is 9.80. The number of H-pyrrole nitrogens is 1. The average molecular weight is 188 g/mol. The van der Waals surface area contributed by atoms with Gasteiger partial charge in [0.15, 0.2) is 0 Å². The van der Waals surface area contributed by atoms with E-state index in [-0.39, 0.29) is 0 Å². The Balaban J connectivity index is 1.99. The second-order valence-corrected chi connectivity index (χ2v) is 3.12. The van der Waals surface area contributed by atoms with Crippen molar-refractivity contribution in [2.24, 2.45) is 0 Å². The summed E-state index contributed by atoms with van der Waals surface area (Å²) < 4.78 is 0. The molecule has 0 spiro atoms. The molecule has 0 aromatic carbocycles. The third-order valence-corrected chi connectivity index (χ3v) is 2.11. The highest BCUT2D eigenvalue weighted by Gasteiger charge is 2.01. The molecule has 72 valence electrons. The summed E-state index contributed by atoms with van der Waals surface area (Å²) in [6, 6.07) is 5.90. The van der Waals surface area contributed by atoms with Crippen molar-refractivity contribution in [2.75, 3.05) is 5.73 Å². The first-order valence-corrected chi connectivity index (χ1v) is 4.54. The van der Waals surface area contributed by atoms with Crippen LogP contribution in [-0.2, 0) is 12.8 Å². The smallest absolute Gasteiger partial charge is 0.0730 e. The number of hydrogen-bond acceptors (Lipinski definition) is 3. The topological polar surface area (TPSA) is 67.6 Å². The molecule has 2 heterocycles. The van der Waals surface area contributed by atoms with Crippen molar-refractivity contribution in [3.05, 3.63) is 42.0 Å². The minimum atomic E-state index is 0.723. The summed E-state index contributed by atoms with van der Waals surface area (Å²) in [6.07, 6.45) is 5.16. The first-order valence-electron chi connectivity index (χ1n) is 4.54. The minimum absolute atomic E-state index is 0.723. The standard InChI is InChI=1S/C10H12N4/c11-9-7-13-14-10(9)5-4-8-3-1-2-6-12-8/h1-3,6-7H,4-5,11H2,(H,13,14). The molecule has 0 aliphatic rings. The van der Waals surface area contributed by atoms with E-state index in [0.717, 1.165) is 29.9 Å². The van der Waals surface area contributed by atoms with Crippen molar-refractivity contribution < 1.29 is 0 Å². The highest BCUT2D eigenvalue weighted by atomic mass is 15.1. The second kappa shape index (κ2) is 3.91. The zero-order valence-corrected chi connectivity index (χ0v) is 7.77. The van der Waals surface area contributed by atoms with Crippen LogP contribution in [0.3, 0.4) is 0 Å². The minimum Gasteiger partial charge on any atom is -0.396 e. The molecule has 2 rings (SSSR count). The molecule has 2 aromatic heterocycles. The summed E-state index contributed by atoms with van der Waals surface area (Å²) in [5, 5.41) is 6.74. The number of anilines is 1.